The number of benzene rings is 2. The lowest BCUT2D eigenvalue weighted by atomic mass is 9.97. The van der Waals surface area contributed by atoms with Gasteiger partial charge in [-0.2, -0.15) is 11.8 Å². The lowest BCUT2D eigenvalue weighted by Gasteiger charge is -2.35. The zero-order chi connectivity index (χ0) is 28.3. The zero-order valence-corrected chi connectivity index (χ0v) is 24.4. The maximum absolute atomic E-state index is 13.6. The molecule has 1 saturated heterocycles. The van der Waals surface area contributed by atoms with Crippen LogP contribution in [0, 0.1) is 0 Å². The molecule has 1 aliphatic heterocycles. The molecule has 1 amide bonds. The number of hydrogen-bond acceptors (Lipinski definition) is 8. The van der Waals surface area contributed by atoms with Crippen molar-refractivity contribution in [2.45, 2.75) is 82.1 Å². The van der Waals surface area contributed by atoms with Crippen LogP contribution >= 0.6 is 11.8 Å². The molecule has 1 unspecified atom stereocenters. The Hall–Kier alpha value is -2.46. The number of carbonyl (C=O) groups excluding carboxylic acids is 3. The number of rotatable bonds is 14. The molecule has 8 nitrogen and oxygen atoms in total. The summed E-state index contributed by atoms with van der Waals surface area (Å²) in [7, 11) is 0. The number of nitrogens with two attached hydrogens (primary N) is 1. The third-order valence-corrected chi connectivity index (χ3v) is 8.71. The van der Waals surface area contributed by atoms with Crippen molar-refractivity contribution in [2.24, 2.45) is 5.73 Å². The van der Waals surface area contributed by atoms with Crippen LogP contribution in [0.3, 0.4) is 0 Å². The quantitative estimate of drug-likeness (QED) is 0.297. The van der Waals surface area contributed by atoms with Crippen molar-refractivity contribution >= 4 is 40.2 Å². The number of nitrogens with zero attached hydrogens (tertiary/aromatic N) is 1. The number of ketones is 1. The highest BCUT2D eigenvalue weighted by Crippen LogP contribution is 2.24. The van der Waals surface area contributed by atoms with E-state index in [4.69, 9.17) is 10.5 Å². The van der Waals surface area contributed by atoms with Gasteiger partial charge >= 0.3 is 5.97 Å². The highest BCUT2D eigenvalue weighted by atomic mass is 32.2. The van der Waals surface area contributed by atoms with Crippen LogP contribution in [0.5, 0.6) is 0 Å². The van der Waals surface area contributed by atoms with E-state index < -0.39 is 12.1 Å². The molecule has 2 aromatic carbocycles. The summed E-state index contributed by atoms with van der Waals surface area (Å²) >= 11 is 1.63. The van der Waals surface area contributed by atoms with Gasteiger partial charge < -0.3 is 21.1 Å². The topological polar surface area (TPSA) is 114 Å². The van der Waals surface area contributed by atoms with E-state index in [1.165, 1.54) is 6.42 Å². The minimum absolute atomic E-state index is 0.0235. The van der Waals surface area contributed by atoms with Crippen molar-refractivity contribution in [3.05, 3.63) is 48.0 Å². The molecular weight excluding hydrogens is 524 g/mol. The van der Waals surface area contributed by atoms with Gasteiger partial charge in [-0.15, -0.1) is 0 Å². The smallest absolute Gasteiger partial charge is 0.328 e. The molecule has 1 saturated carbocycles. The van der Waals surface area contributed by atoms with Gasteiger partial charge in [0.2, 0.25) is 5.91 Å². The highest BCUT2D eigenvalue weighted by molar-refractivity contribution is 7.98. The molecule has 1 heterocycles. The predicted molar refractivity (Wildman–Crippen MR) is 161 cm³/mol. The number of Topliss-reactive ketones (excluding diaryl/α,β-unsaturated/α-hetero) is 1. The van der Waals surface area contributed by atoms with Gasteiger partial charge in [-0.3, -0.25) is 14.5 Å². The average molecular weight is 569 g/mol. The van der Waals surface area contributed by atoms with E-state index in [0.29, 0.717) is 13.0 Å². The van der Waals surface area contributed by atoms with E-state index in [-0.39, 0.29) is 42.9 Å². The van der Waals surface area contributed by atoms with Crippen LogP contribution in [0.25, 0.3) is 10.8 Å². The summed E-state index contributed by atoms with van der Waals surface area (Å²) in [6.07, 6.45) is 9.28. The Labute approximate surface area is 242 Å². The third-order valence-electron chi connectivity index (χ3n) is 8.07. The van der Waals surface area contributed by atoms with Gasteiger partial charge in [0.25, 0.3) is 0 Å². The van der Waals surface area contributed by atoms with Gasteiger partial charge in [-0.1, -0.05) is 48.9 Å². The first-order chi connectivity index (χ1) is 19.5. The summed E-state index contributed by atoms with van der Waals surface area (Å²) in [4.78, 5) is 41.9. The van der Waals surface area contributed by atoms with Crippen molar-refractivity contribution in [1.82, 2.24) is 15.5 Å². The van der Waals surface area contributed by atoms with Crippen LogP contribution in [0.15, 0.2) is 42.5 Å². The monoisotopic (exact) mass is 568 g/mol. The first-order valence-corrected chi connectivity index (χ1v) is 16.0. The first-order valence-electron chi connectivity index (χ1n) is 14.7. The summed E-state index contributed by atoms with van der Waals surface area (Å²) in [5.41, 5.74) is 6.93. The van der Waals surface area contributed by atoms with E-state index in [0.717, 1.165) is 67.2 Å². The molecule has 1 aliphatic carbocycles. The summed E-state index contributed by atoms with van der Waals surface area (Å²) in [5, 5.41) is 8.61. The van der Waals surface area contributed by atoms with E-state index in [1.807, 2.05) is 35.4 Å². The van der Waals surface area contributed by atoms with Crippen molar-refractivity contribution in [2.75, 3.05) is 31.6 Å². The largest absolute Gasteiger partial charge is 0.461 e. The lowest BCUT2D eigenvalue weighted by molar-refractivity contribution is -0.154. The molecular formula is C31H44N4O4S. The third kappa shape index (κ3) is 8.28. The SMILES string of the molecule is CSCC[C@H](NC(=O)CN(Cc1cccc2ccccc12)C(C(=O)CN)[C@@H]1CCCN1)C(=O)OC1CCCCC1. The summed E-state index contributed by atoms with van der Waals surface area (Å²) < 4.78 is 5.83. The van der Waals surface area contributed by atoms with E-state index in [2.05, 4.69) is 28.8 Å². The Balaban J connectivity index is 1.55. The van der Waals surface area contributed by atoms with Gasteiger partial charge in [0.1, 0.15) is 12.1 Å². The van der Waals surface area contributed by atoms with Crippen LogP contribution in [0.4, 0.5) is 0 Å². The Morgan fingerprint density at radius 3 is 2.58 bits per heavy atom. The van der Waals surface area contributed by atoms with E-state index in [9.17, 15) is 14.4 Å². The Bertz CT molecular complexity index is 1130. The normalized spacial score (nSPS) is 19.4. The number of hydrogen-bond donors (Lipinski definition) is 3. The Morgan fingerprint density at radius 2 is 1.85 bits per heavy atom. The molecule has 2 fully saturated rings. The summed E-state index contributed by atoms with van der Waals surface area (Å²) in [6, 6.07) is 12.9. The molecule has 0 bridgehead atoms. The number of fused-ring (bicyclic) bond motifs is 1. The Morgan fingerprint density at radius 1 is 1.07 bits per heavy atom. The van der Waals surface area contributed by atoms with Gasteiger partial charge in [0.05, 0.1) is 19.1 Å². The second kappa shape index (κ2) is 15.5. The van der Waals surface area contributed by atoms with Gasteiger partial charge in [-0.05, 0) is 79.8 Å². The first kappa shape index (κ1) is 30.5. The molecule has 2 aliphatic rings. The Kier molecular flexibility index (Phi) is 11.8. The summed E-state index contributed by atoms with van der Waals surface area (Å²) in [5.74, 6) is -0.0187. The fourth-order valence-electron chi connectivity index (χ4n) is 6.02. The standard InChI is InChI=1S/C31H44N4O4S/c1-40-18-16-27(31(38)39-24-12-3-2-4-13-24)34-29(37)21-35(30(28(36)19-32)26-15-8-17-33-26)20-23-11-7-10-22-9-5-6-14-25(22)23/h5-7,9-11,14,24,26-27,30,33H,2-4,8,12-13,15-21,32H2,1H3,(H,34,37)/t26-,27-,30?/m0/s1. The summed E-state index contributed by atoms with van der Waals surface area (Å²) in [6.45, 7) is 1.12. The molecule has 2 aromatic rings. The second-order valence-electron chi connectivity index (χ2n) is 11.0. The zero-order valence-electron chi connectivity index (χ0n) is 23.6. The van der Waals surface area contributed by atoms with E-state index >= 15 is 0 Å². The molecule has 0 radical (unpaired) electrons. The number of thioether (sulfide) groups is 1. The van der Waals surface area contributed by atoms with E-state index in [1.54, 1.807) is 11.8 Å². The lowest BCUT2D eigenvalue weighted by Crippen LogP contribution is -2.57. The maximum atomic E-state index is 13.6. The van der Waals surface area contributed by atoms with Crippen LogP contribution in [0.2, 0.25) is 0 Å². The minimum atomic E-state index is -0.713. The van der Waals surface area contributed by atoms with Crippen LogP contribution in [0.1, 0.15) is 56.9 Å². The van der Waals surface area contributed by atoms with Crippen molar-refractivity contribution in [3.63, 3.8) is 0 Å². The highest BCUT2D eigenvalue weighted by Gasteiger charge is 2.36. The van der Waals surface area contributed by atoms with Crippen LogP contribution in [-0.2, 0) is 25.7 Å². The average Bonchev–Trinajstić information content (AvgIpc) is 3.50. The van der Waals surface area contributed by atoms with Crippen molar-refractivity contribution in [3.8, 4) is 0 Å². The molecule has 9 heteroatoms. The fourth-order valence-corrected chi connectivity index (χ4v) is 6.50. The van der Waals surface area contributed by atoms with Gasteiger partial charge in [0, 0.05) is 12.6 Å². The van der Waals surface area contributed by atoms with Gasteiger partial charge in [-0.25, -0.2) is 4.79 Å². The second-order valence-corrected chi connectivity index (χ2v) is 11.9. The maximum Gasteiger partial charge on any atom is 0.328 e. The number of nitrogens with one attached hydrogen (secondary N) is 2. The predicted octanol–water partition coefficient (Wildman–Crippen LogP) is 3.40. The molecule has 3 atom stereocenters. The number of esters is 1. The minimum Gasteiger partial charge on any atom is -0.461 e. The fraction of sp³-hybridized carbons (Fsp3) is 0.581. The van der Waals surface area contributed by atoms with Crippen molar-refractivity contribution < 1.29 is 19.1 Å². The molecule has 40 heavy (non-hydrogen) atoms. The number of ether oxygens (including phenoxy) is 1. The molecule has 4 N–H and O–H groups in total. The number of amides is 1. The molecule has 218 valence electrons. The van der Waals surface area contributed by atoms with Crippen LogP contribution < -0.4 is 16.4 Å². The number of carbonyl (C=O) groups is 3. The molecule has 0 spiro atoms. The molecule has 4 rings (SSSR count). The van der Waals surface area contributed by atoms with Crippen LogP contribution in [-0.4, -0.2) is 78.4 Å². The van der Waals surface area contributed by atoms with Gasteiger partial charge in [0.15, 0.2) is 5.78 Å². The van der Waals surface area contributed by atoms with Crippen molar-refractivity contribution in [1.29, 1.82) is 0 Å². The molecule has 0 aromatic heterocycles.